The quantitative estimate of drug-likeness (QED) is 0.515. The van der Waals surface area contributed by atoms with Crippen LogP contribution in [0.4, 0.5) is 5.95 Å². The molecule has 1 aliphatic carbocycles. The van der Waals surface area contributed by atoms with Crippen LogP contribution in [0.5, 0.6) is 0 Å². The number of hydrogen-bond donors (Lipinski definition) is 1. The van der Waals surface area contributed by atoms with Crippen LogP contribution in [0.2, 0.25) is 0 Å². The zero-order valence-corrected chi connectivity index (χ0v) is 18.1. The Kier molecular flexibility index (Phi) is 7.42. The van der Waals surface area contributed by atoms with Crippen LogP contribution >= 0.6 is 11.8 Å². The second-order valence-corrected chi connectivity index (χ2v) is 8.49. The molecular formula is C22H29N5O2S. The second kappa shape index (κ2) is 10.6. The molecule has 1 amide bonds. The lowest BCUT2D eigenvalue weighted by molar-refractivity contribution is -0.118. The van der Waals surface area contributed by atoms with E-state index in [0.717, 1.165) is 36.3 Å². The van der Waals surface area contributed by atoms with E-state index in [1.807, 2.05) is 34.9 Å². The molecule has 0 bridgehead atoms. The first kappa shape index (κ1) is 20.9. The molecule has 8 heteroatoms. The number of aromatic nitrogens is 3. The number of rotatable bonds is 8. The van der Waals surface area contributed by atoms with Crippen LogP contribution in [0.3, 0.4) is 0 Å². The molecule has 1 aromatic heterocycles. The SMILES string of the molecule is O=C(CSc1nnc(N2CCOCC2)n1-c1ccccc1)NCCC1=CCCCC1. The van der Waals surface area contributed by atoms with Crippen LogP contribution < -0.4 is 10.2 Å². The molecule has 1 saturated heterocycles. The fourth-order valence-electron chi connectivity index (χ4n) is 3.80. The first-order valence-electron chi connectivity index (χ1n) is 10.7. The number of allylic oxidation sites excluding steroid dienone is 1. The monoisotopic (exact) mass is 427 g/mol. The fourth-order valence-corrected chi connectivity index (χ4v) is 4.58. The van der Waals surface area contributed by atoms with Gasteiger partial charge in [-0.1, -0.05) is 41.6 Å². The number of benzene rings is 1. The minimum absolute atomic E-state index is 0.0342. The van der Waals surface area contributed by atoms with Gasteiger partial charge in [-0.15, -0.1) is 10.2 Å². The smallest absolute Gasteiger partial charge is 0.232 e. The standard InChI is InChI=1S/C22H29N5O2S/c28-20(23-12-11-18-7-3-1-4-8-18)17-30-22-25-24-21(26-13-15-29-16-14-26)27(22)19-9-5-2-6-10-19/h2,5-7,9-10H,1,3-4,8,11-17H2,(H,23,28). The zero-order valence-electron chi connectivity index (χ0n) is 17.3. The van der Waals surface area contributed by atoms with Crippen LogP contribution in [-0.4, -0.2) is 59.3 Å². The number of anilines is 1. The number of carbonyl (C=O) groups is 1. The minimum Gasteiger partial charge on any atom is -0.378 e. The number of morpholine rings is 1. The molecule has 1 aromatic carbocycles. The summed E-state index contributed by atoms with van der Waals surface area (Å²) >= 11 is 1.43. The molecule has 160 valence electrons. The van der Waals surface area contributed by atoms with Crippen LogP contribution in [0, 0.1) is 0 Å². The van der Waals surface area contributed by atoms with Crippen molar-refractivity contribution in [1.29, 1.82) is 0 Å². The van der Waals surface area contributed by atoms with Gasteiger partial charge < -0.3 is 15.0 Å². The molecule has 1 aliphatic heterocycles. The van der Waals surface area contributed by atoms with E-state index >= 15 is 0 Å². The minimum atomic E-state index is 0.0342. The molecular weight excluding hydrogens is 398 g/mol. The molecule has 1 fully saturated rings. The van der Waals surface area contributed by atoms with Gasteiger partial charge in [0.15, 0.2) is 5.16 Å². The number of amides is 1. The van der Waals surface area contributed by atoms with E-state index in [0.29, 0.717) is 25.5 Å². The van der Waals surface area contributed by atoms with Gasteiger partial charge in [0, 0.05) is 19.6 Å². The summed E-state index contributed by atoms with van der Waals surface area (Å²) in [6.07, 6.45) is 8.21. The van der Waals surface area contributed by atoms with Crippen molar-refractivity contribution in [1.82, 2.24) is 20.1 Å². The zero-order chi connectivity index (χ0) is 20.6. The first-order valence-corrected chi connectivity index (χ1v) is 11.7. The van der Waals surface area contributed by atoms with E-state index in [4.69, 9.17) is 4.74 Å². The normalized spacial score (nSPS) is 16.9. The number of para-hydroxylation sites is 1. The predicted octanol–water partition coefficient (Wildman–Crippen LogP) is 3.20. The van der Waals surface area contributed by atoms with Gasteiger partial charge in [-0.3, -0.25) is 9.36 Å². The molecule has 0 radical (unpaired) electrons. The van der Waals surface area contributed by atoms with Crippen LogP contribution in [0.25, 0.3) is 5.69 Å². The highest BCUT2D eigenvalue weighted by molar-refractivity contribution is 7.99. The number of thioether (sulfide) groups is 1. The lowest BCUT2D eigenvalue weighted by Crippen LogP contribution is -2.37. The van der Waals surface area contributed by atoms with E-state index in [1.165, 1.54) is 43.0 Å². The third-order valence-corrected chi connectivity index (χ3v) is 6.34. The molecule has 0 spiro atoms. The van der Waals surface area contributed by atoms with Gasteiger partial charge in [-0.25, -0.2) is 0 Å². The Labute approximate surface area is 181 Å². The highest BCUT2D eigenvalue weighted by Crippen LogP contribution is 2.27. The van der Waals surface area contributed by atoms with Gasteiger partial charge in [-0.2, -0.15) is 0 Å². The molecule has 2 aliphatic rings. The molecule has 0 unspecified atom stereocenters. The van der Waals surface area contributed by atoms with Crippen molar-refractivity contribution in [3.63, 3.8) is 0 Å². The average molecular weight is 428 g/mol. The van der Waals surface area contributed by atoms with E-state index in [-0.39, 0.29) is 5.91 Å². The van der Waals surface area contributed by atoms with Crippen molar-refractivity contribution < 1.29 is 9.53 Å². The van der Waals surface area contributed by atoms with Gasteiger partial charge in [0.05, 0.1) is 24.7 Å². The summed E-state index contributed by atoms with van der Waals surface area (Å²) in [7, 11) is 0. The summed E-state index contributed by atoms with van der Waals surface area (Å²) in [5.41, 5.74) is 2.48. The van der Waals surface area contributed by atoms with Crippen molar-refractivity contribution in [2.45, 2.75) is 37.3 Å². The van der Waals surface area contributed by atoms with E-state index in [9.17, 15) is 4.79 Å². The van der Waals surface area contributed by atoms with Crippen molar-refractivity contribution in [3.05, 3.63) is 42.0 Å². The van der Waals surface area contributed by atoms with Crippen LogP contribution in [-0.2, 0) is 9.53 Å². The third-order valence-electron chi connectivity index (χ3n) is 5.41. The van der Waals surface area contributed by atoms with Crippen molar-refractivity contribution in [3.8, 4) is 5.69 Å². The summed E-state index contributed by atoms with van der Waals surface area (Å²) in [5.74, 6) is 1.16. The first-order chi connectivity index (χ1) is 14.8. The lowest BCUT2D eigenvalue weighted by Gasteiger charge is -2.27. The molecule has 30 heavy (non-hydrogen) atoms. The summed E-state index contributed by atoms with van der Waals surface area (Å²) in [6.45, 7) is 3.64. The Balaban J connectivity index is 1.39. The molecule has 1 N–H and O–H groups in total. The highest BCUT2D eigenvalue weighted by Gasteiger charge is 2.22. The van der Waals surface area contributed by atoms with Crippen LogP contribution in [0.15, 0.2) is 47.1 Å². The van der Waals surface area contributed by atoms with Gasteiger partial charge in [0.2, 0.25) is 11.9 Å². The van der Waals surface area contributed by atoms with Gasteiger partial charge >= 0.3 is 0 Å². The van der Waals surface area contributed by atoms with Crippen molar-refractivity contribution >= 4 is 23.6 Å². The van der Waals surface area contributed by atoms with Crippen molar-refractivity contribution in [2.75, 3.05) is 43.5 Å². The molecule has 0 saturated carbocycles. The molecule has 0 atom stereocenters. The maximum absolute atomic E-state index is 12.4. The van der Waals surface area contributed by atoms with Crippen molar-refractivity contribution in [2.24, 2.45) is 0 Å². The number of carbonyl (C=O) groups excluding carboxylic acids is 1. The Morgan fingerprint density at radius 1 is 1.13 bits per heavy atom. The van der Waals surface area contributed by atoms with E-state index < -0.39 is 0 Å². The maximum Gasteiger partial charge on any atom is 0.232 e. The Morgan fingerprint density at radius 3 is 2.73 bits per heavy atom. The number of ether oxygens (including phenoxy) is 1. The van der Waals surface area contributed by atoms with Gasteiger partial charge in [0.25, 0.3) is 0 Å². The molecule has 4 rings (SSSR count). The number of hydrogen-bond acceptors (Lipinski definition) is 6. The summed E-state index contributed by atoms with van der Waals surface area (Å²) < 4.78 is 7.51. The Hall–Kier alpha value is -2.32. The molecule has 2 heterocycles. The Morgan fingerprint density at radius 2 is 1.97 bits per heavy atom. The number of nitrogens with zero attached hydrogens (tertiary/aromatic N) is 4. The summed E-state index contributed by atoms with van der Waals surface area (Å²) in [5, 5.41) is 12.6. The lowest BCUT2D eigenvalue weighted by atomic mass is 9.97. The third kappa shape index (κ3) is 5.43. The predicted molar refractivity (Wildman–Crippen MR) is 119 cm³/mol. The summed E-state index contributed by atoms with van der Waals surface area (Å²) in [4.78, 5) is 14.6. The molecule has 2 aromatic rings. The molecule has 7 nitrogen and oxygen atoms in total. The Bertz CT molecular complexity index is 862. The van der Waals surface area contributed by atoms with E-state index in [2.05, 4.69) is 26.5 Å². The topological polar surface area (TPSA) is 72.3 Å². The van der Waals surface area contributed by atoms with E-state index in [1.54, 1.807) is 0 Å². The van der Waals surface area contributed by atoms with Crippen LogP contribution in [0.1, 0.15) is 32.1 Å². The second-order valence-electron chi connectivity index (χ2n) is 7.55. The average Bonchev–Trinajstić information content (AvgIpc) is 3.23. The fraction of sp³-hybridized carbons (Fsp3) is 0.500. The van der Waals surface area contributed by atoms with Gasteiger partial charge in [-0.05, 0) is 44.2 Å². The summed E-state index contributed by atoms with van der Waals surface area (Å²) in [6, 6.07) is 10.1. The maximum atomic E-state index is 12.4. The van der Waals surface area contributed by atoms with Gasteiger partial charge in [0.1, 0.15) is 0 Å². The largest absolute Gasteiger partial charge is 0.378 e. The highest BCUT2D eigenvalue weighted by atomic mass is 32.2. The number of nitrogens with one attached hydrogen (secondary N) is 1.